The Morgan fingerprint density at radius 3 is 2.50 bits per heavy atom. The van der Waals surface area contributed by atoms with Crippen LogP contribution in [0.5, 0.6) is 0 Å². The monoisotopic (exact) mass is 284 g/mol. The molecule has 1 unspecified atom stereocenters. The molecule has 16 heavy (non-hydrogen) atoms. The largest absolute Gasteiger partial charge is 0.481 e. The van der Waals surface area contributed by atoms with Crippen LogP contribution in [0.15, 0.2) is 30.3 Å². The van der Waals surface area contributed by atoms with E-state index in [1.54, 1.807) is 0 Å². The third-order valence-corrected chi connectivity index (χ3v) is 3.17. The second-order valence-corrected chi connectivity index (χ2v) is 4.70. The Bertz CT molecular complexity index is 311. The third-order valence-electron chi connectivity index (χ3n) is 2.61. The van der Waals surface area contributed by atoms with Crippen molar-refractivity contribution < 1.29 is 9.90 Å². The number of hydrogen-bond acceptors (Lipinski definition) is 1. The number of carbonyl (C=O) groups is 1. The van der Waals surface area contributed by atoms with E-state index >= 15 is 0 Å². The van der Waals surface area contributed by atoms with Gasteiger partial charge in [-0.25, -0.2) is 0 Å². The molecular formula is C13H17BrO2. The molecule has 0 saturated heterocycles. The van der Waals surface area contributed by atoms with E-state index in [0.717, 1.165) is 30.2 Å². The second-order valence-electron chi connectivity index (χ2n) is 3.91. The number of halogens is 1. The third kappa shape index (κ3) is 4.79. The van der Waals surface area contributed by atoms with E-state index in [1.165, 1.54) is 0 Å². The molecule has 0 aliphatic carbocycles. The molecule has 0 aliphatic rings. The quantitative estimate of drug-likeness (QED) is 0.615. The fraction of sp³-hybridized carbons (Fsp3) is 0.462. The molecule has 2 nitrogen and oxygen atoms in total. The van der Waals surface area contributed by atoms with Crippen molar-refractivity contribution in [2.45, 2.75) is 25.7 Å². The van der Waals surface area contributed by atoms with Crippen LogP contribution in [0.25, 0.3) is 0 Å². The average molecular weight is 285 g/mol. The minimum Gasteiger partial charge on any atom is -0.481 e. The molecule has 0 spiro atoms. The summed E-state index contributed by atoms with van der Waals surface area (Å²) in [7, 11) is 0. The maximum atomic E-state index is 11.1. The lowest BCUT2D eigenvalue weighted by Gasteiger charge is -2.11. The summed E-state index contributed by atoms with van der Waals surface area (Å²) in [4.78, 5) is 11.1. The highest BCUT2D eigenvalue weighted by Crippen LogP contribution is 2.16. The summed E-state index contributed by atoms with van der Waals surface area (Å²) in [6, 6.07) is 9.82. The van der Waals surface area contributed by atoms with Crippen LogP contribution < -0.4 is 0 Å². The Hall–Kier alpha value is -0.830. The molecule has 0 aliphatic heterocycles. The van der Waals surface area contributed by atoms with Gasteiger partial charge in [-0.1, -0.05) is 52.7 Å². The summed E-state index contributed by atoms with van der Waals surface area (Å²) < 4.78 is 0. The highest BCUT2D eigenvalue weighted by Gasteiger charge is 2.17. The van der Waals surface area contributed by atoms with Gasteiger partial charge < -0.3 is 5.11 Å². The maximum absolute atomic E-state index is 11.1. The Labute approximate surface area is 105 Å². The molecule has 1 rings (SSSR count). The predicted octanol–water partition coefficient (Wildman–Crippen LogP) is 3.50. The first-order chi connectivity index (χ1) is 7.74. The Morgan fingerprint density at radius 1 is 1.25 bits per heavy atom. The van der Waals surface area contributed by atoms with Crippen LogP contribution in [0.4, 0.5) is 0 Å². The van der Waals surface area contributed by atoms with Gasteiger partial charge in [0.2, 0.25) is 0 Å². The van der Waals surface area contributed by atoms with Gasteiger partial charge in [-0.3, -0.25) is 4.79 Å². The van der Waals surface area contributed by atoms with E-state index in [0.29, 0.717) is 6.42 Å². The van der Waals surface area contributed by atoms with Gasteiger partial charge in [0.05, 0.1) is 5.92 Å². The predicted molar refractivity (Wildman–Crippen MR) is 68.9 cm³/mol. The van der Waals surface area contributed by atoms with Crippen LogP contribution in [0.3, 0.4) is 0 Å². The molecule has 1 N–H and O–H groups in total. The summed E-state index contributed by atoms with van der Waals surface area (Å²) >= 11 is 3.36. The summed E-state index contributed by atoms with van der Waals surface area (Å²) in [6.07, 6.45) is 3.40. The Balaban J connectivity index is 2.48. The number of hydrogen-bond donors (Lipinski definition) is 1. The molecule has 0 aromatic heterocycles. The first-order valence-corrected chi connectivity index (χ1v) is 6.69. The molecule has 0 amide bonds. The molecule has 0 fully saturated rings. The van der Waals surface area contributed by atoms with Crippen LogP contribution in [-0.2, 0) is 11.2 Å². The first kappa shape index (κ1) is 13.2. The number of rotatable bonds is 7. The van der Waals surface area contributed by atoms with Crippen LogP contribution >= 0.6 is 15.9 Å². The number of benzene rings is 1. The molecule has 0 radical (unpaired) electrons. The van der Waals surface area contributed by atoms with Gasteiger partial charge in [0.25, 0.3) is 0 Å². The van der Waals surface area contributed by atoms with E-state index < -0.39 is 5.97 Å². The number of carboxylic acid groups (broad SMARTS) is 1. The van der Waals surface area contributed by atoms with Crippen molar-refractivity contribution in [3.05, 3.63) is 35.9 Å². The molecule has 3 heteroatoms. The summed E-state index contributed by atoms with van der Waals surface area (Å²) in [6.45, 7) is 0. The van der Waals surface area contributed by atoms with Crippen molar-refractivity contribution >= 4 is 21.9 Å². The molecule has 0 bridgehead atoms. The van der Waals surface area contributed by atoms with Crippen LogP contribution in [0, 0.1) is 5.92 Å². The molecule has 1 aromatic carbocycles. The van der Waals surface area contributed by atoms with Gasteiger partial charge in [-0.05, 0) is 24.8 Å². The fourth-order valence-electron chi connectivity index (χ4n) is 1.70. The van der Waals surface area contributed by atoms with Crippen molar-refractivity contribution in [1.82, 2.24) is 0 Å². The van der Waals surface area contributed by atoms with Gasteiger partial charge in [0, 0.05) is 5.33 Å². The number of alkyl halides is 1. The minimum absolute atomic E-state index is 0.249. The van der Waals surface area contributed by atoms with Crippen LogP contribution in [0.1, 0.15) is 24.8 Å². The lowest BCUT2D eigenvalue weighted by atomic mass is 9.94. The van der Waals surface area contributed by atoms with Gasteiger partial charge in [0.1, 0.15) is 0 Å². The first-order valence-electron chi connectivity index (χ1n) is 5.56. The lowest BCUT2D eigenvalue weighted by molar-refractivity contribution is -0.141. The SMILES string of the molecule is O=C(O)C(CCCCBr)Cc1ccccc1. The zero-order valence-electron chi connectivity index (χ0n) is 9.23. The van der Waals surface area contributed by atoms with Gasteiger partial charge in [-0.15, -0.1) is 0 Å². The van der Waals surface area contributed by atoms with Crippen molar-refractivity contribution in [3.8, 4) is 0 Å². The van der Waals surface area contributed by atoms with Gasteiger partial charge in [-0.2, -0.15) is 0 Å². The minimum atomic E-state index is -0.682. The fourth-order valence-corrected chi connectivity index (χ4v) is 2.09. The molecule has 0 heterocycles. The number of unbranched alkanes of at least 4 members (excludes halogenated alkanes) is 1. The van der Waals surface area contributed by atoms with E-state index in [-0.39, 0.29) is 5.92 Å². The lowest BCUT2D eigenvalue weighted by Crippen LogP contribution is -2.16. The Kier molecular flexibility index (Phi) is 6.16. The standard InChI is InChI=1S/C13H17BrO2/c14-9-5-4-8-12(13(15)16)10-11-6-2-1-3-7-11/h1-3,6-7,12H,4-5,8-10H2,(H,15,16). The molecule has 0 saturated carbocycles. The van der Waals surface area contributed by atoms with Crippen LogP contribution in [0.2, 0.25) is 0 Å². The van der Waals surface area contributed by atoms with E-state index in [1.807, 2.05) is 30.3 Å². The molecule has 1 atom stereocenters. The average Bonchev–Trinajstić information content (AvgIpc) is 2.29. The second kappa shape index (κ2) is 7.44. The van der Waals surface area contributed by atoms with Crippen LogP contribution in [-0.4, -0.2) is 16.4 Å². The molecule has 1 aromatic rings. The topological polar surface area (TPSA) is 37.3 Å². The van der Waals surface area contributed by atoms with Gasteiger partial charge in [0.15, 0.2) is 0 Å². The normalized spacial score (nSPS) is 12.3. The highest BCUT2D eigenvalue weighted by atomic mass is 79.9. The maximum Gasteiger partial charge on any atom is 0.306 e. The zero-order chi connectivity index (χ0) is 11.8. The van der Waals surface area contributed by atoms with Gasteiger partial charge >= 0.3 is 5.97 Å². The zero-order valence-corrected chi connectivity index (χ0v) is 10.8. The van der Waals surface area contributed by atoms with E-state index in [4.69, 9.17) is 5.11 Å². The smallest absolute Gasteiger partial charge is 0.306 e. The van der Waals surface area contributed by atoms with Crippen molar-refractivity contribution in [1.29, 1.82) is 0 Å². The molecular weight excluding hydrogens is 268 g/mol. The Morgan fingerprint density at radius 2 is 1.94 bits per heavy atom. The van der Waals surface area contributed by atoms with E-state index in [9.17, 15) is 4.79 Å². The summed E-state index contributed by atoms with van der Waals surface area (Å²) in [5, 5.41) is 10.1. The number of carboxylic acids is 1. The van der Waals surface area contributed by atoms with Crippen molar-refractivity contribution in [3.63, 3.8) is 0 Å². The van der Waals surface area contributed by atoms with Crippen molar-refractivity contribution in [2.24, 2.45) is 5.92 Å². The van der Waals surface area contributed by atoms with E-state index in [2.05, 4.69) is 15.9 Å². The highest BCUT2D eigenvalue weighted by molar-refractivity contribution is 9.09. The molecule has 88 valence electrons. The summed E-state index contributed by atoms with van der Waals surface area (Å²) in [5.74, 6) is -0.931. The van der Waals surface area contributed by atoms with Crippen molar-refractivity contribution in [2.75, 3.05) is 5.33 Å². The summed E-state index contributed by atoms with van der Waals surface area (Å²) in [5.41, 5.74) is 1.11. The number of aliphatic carboxylic acids is 1.